The Balaban J connectivity index is 3.97. The molecular weight excluding hydrogens is 627 g/mol. The van der Waals surface area contributed by atoms with Crippen LogP contribution in [0, 0.1) is 0 Å². The number of carbonyl (C=O) groups is 2. The number of rotatable bonds is 36. The van der Waals surface area contributed by atoms with E-state index in [-0.39, 0.29) is 19.4 Å². The van der Waals surface area contributed by atoms with Gasteiger partial charge in [0.1, 0.15) is 6.61 Å². The number of phosphoric acid groups is 1. The molecule has 282 valence electrons. The van der Waals surface area contributed by atoms with Gasteiger partial charge in [0.25, 0.3) is 0 Å². The van der Waals surface area contributed by atoms with Gasteiger partial charge in [-0.05, 0) is 64.2 Å². The molecule has 2 N–H and O–H groups in total. The van der Waals surface area contributed by atoms with Crippen LogP contribution >= 0.6 is 7.82 Å². The fraction of sp³-hybridized carbons (Fsp3) is 0.846. The van der Waals surface area contributed by atoms with Crippen LogP contribution in [0.5, 0.6) is 0 Å². The molecule has 0 saturated heterocycles. The Morgan fingerprint density at radius 2 is 0.875 bits per heavy atom. The molecule has 48 heavy (non-hydrogen) atoms. The van der Waals surface area contributed by atoms with E-state index in [1.165, 1.54) is 89.9 Å². The van der Waals surface area contributed by atoms with Crippen molar-refractivity contribution >= 4 is 19.8 Å². The van der Waals surface area contributed by atoms with Crippen molar-refractivity contribution < 1.29 is 37.9 Å². The number of phosphoric ester groups is 1. The second-order valence-electron chi connectivity index (χ2n) is 13.2. The molecule has 0 aliphatic rings. The van der Waals surface area contributed by atoms with Gasteiger partial charge >= 0.3 is 19.8 Å². The first-order valence-corrected chi connectivity index (χ1v) is 21.2. The second kappa shape index (κ2) is 35.4. The van der Waals surface area contributed by atoms with Gasteiger partial charge in [-0.25, -0.2) is 4.57 Å². The number of hydrogen-bond donors (Lipinski definition) is 2. The summed E-state index contributed by atoms with van der Waals surface area (Å²) in [7, 11) is -4.75. The predicted octanol–water partition coefficient (Wildman–Crippen LogP) is 11.6. The zero-order valence-corrected chi connectivity index (χ0v) is 31.8. The van der Waals surface area contributed by atoms with E-state index in [4.69, 9.17) is 19.3 Å². The monoisotopic (exact) mass is 701 g/mol. The first-order chi connectivity index (χ1) is 23.3. The lowest BCUT2D eigenvalue weighted by Gasteiger charge is -2.18. The molecule has 0 spiro atoms. The Morgan fingerprint density at radius 1 is 0.521 bits per heavy atom. The minimum Gasteiger partial charge on any atom is -0.462 e. The van der Waals surface area contributed by atoms with Crippen LogP contribution in [0.15, 0.2) is 24.3 Å². The van der Waals surface area contributed by atoms with Gasteiger partial charge in [0.2, 0.25) is 0 Å². The predicted molar refractivity (Wildman–Crippen MR) is 198 cm³/mol. The van der Waals surface area contributed by atoms with Crippen LogP contribution in [0.25, 0.3) is 0 Å². The van der Waals surface area contributed by atoms with Crippen LogP contribution in [0.3, 0.4) is 0 Å². The number of ether oxygens (including phenoxy) is 2. The van der Waals surface area contributed by atoms with Crippen molar-refractivity contribution in [3.05, 3.63) is 24.3 Å². The highest BCUT2D eigenvalue weighted by atomic mass is 31.2. The molecule has 0 aromatic carbocycles. The maximum Gasteiger partial charge on any atom is 0.469 e. The number of hydrogen-bond acceptors (Lipinski definition) is 6. The molecule has 8 nitrogen and oxygen atoms in total. The van der Waals surface area contributed by atoms with E-state index in [9.17, 15) is 14.2 Å². The van der Waals surface area contributed by atoms with Crippen LogP contribution in [-0.4, -0.2) is 41.0 Å². The van der Waals surface area contributed by atoms with E-state index in [0.29, 0.717) is 12.8 Å². The van der Waals surface area contributed by atoms with Gasteiger partial charge in [-0.2, -0.15) is 0 Å². The van der Waals surface area contributed by atoms with E-state index in [0.717, 1.165) is 64.2 Å². The molecule has 0 radical (unpaired) electrons. The molecular formula is C39H73O8P. The fourth-order valence-electron chi connectivity index (χ4n) is 5.48. The van der Waals surface area contributed by atoms with Crippen LogP contribution in [0.4, 0.5) is 0 Å². The lowest BCUT2D eigenvalue weighted by molar-refractivity contribution is -0.161. The maximum atomic E-state index is 12.4. The summed E-state index contributed by atoms with van der Waals surface area (Å²) in [5.74, 6) is -0.901. The number of esters is 2. The fourth-order valence-corrected chi connectivity index (χ4v) is 5.84. The van der Waals surface area contributed by atoms with Crippen molar-refractivity contribution in [2.24, 2.45) is 0 Å². The summed E-state index contributed by atoms with van der Waals surface area (Å²) < 4.78 is 26.3. The first-order valence-electron chi connectivity index (χ1n) is 19.6. The van der Waals surface area contributed by atoms with Gasteiger partial charge in [0, 0.05) is 12.8 Å². The van der Waals surface area contributed by atoms with Crippen molar-refractivity contribution in [3.63, 3.8) is 0 Å². The molecule has 0 saturated carbocycles. The van der Waals surface area contributed by atoms with Crippen molar-refractivity contribution in [1.29, 1.82) is 0 Å². The number of carbonyl (C=O) groups excluding carboxylic acids is 2. The summed E-state index contributed by atoms with van der Waals surface area (Å²) in [5.41, 5.74) is 0. The Hall–Kier alpha value is -1.47. The highest BCUT2D eigenvalue weighted by Gasteiger charge is 2.22. The third-order valence-corrected chi connectivity index (χ3v) is 8.93. The molecule has 0 aliphatic carbocycles. The molecule has 0 unspecified atom stereocenters. The minimum absolute atomic E-state index is 0.202. The summed E-state index contributed by atoms with van der Waals surface area (Å²) in [5, 5.41) is 0. The van der Waals surface area contributed by atoms with Crippen LogP contribution in [0.2, 0.25) is 0 Å². The molecule has 1 atom stereocenters. The molecule has 0 bridgehead atoms. The lowest BCUT2D eigenvalue weighted by atomic mass is 10.1. The quantitative estimate of drug-likeness (QED) is 0.0287. The normalized spacial score (nSPS) is 12.7. The SMILES string of the molecule is CCCCCCCC/C=C/CCCCCCCC(=O)OC[C@H](COP(=O)(O)O)OC(=O)CCCCCCC/C=C/CCCCCCCC. The Morgan fingerprint density at radius 3 is 1.27 bits per heavy atom. The third kappa shape index (κ3) is 37.4. The summed E-state index contributed by atoms with van der Waals surface area (Å²) in [4.78, 5) is 42.7. The highest BCUT2D eigenvalue weighted by molar-refractivity contribution is 7.46. The van der Waals surface area contributed by atoms with Crippen molar-refractivity contribution in [1.82, 2.24) is 0 Å². The van der Waals surface area contributed by atoms with Crippen molar-refractivity contribution in [2.45, 2.75) is 200 Å². The van der Waals surface area contributed by atoms with E-state index in [1.807, 2.05) is 0 Å². The van der Waals surface area contributed by atoms with Gasteiger partial charge < -0.3 is 19.3 Å². The number of unbranched alkanes of at least 4 members (excludes halogenated alkanes) is 22. The highest BCUT2D eigenvalue weighted by Crippen LogP contribution is 2.36. The third-order valence-electron chi connectivity index (χ3n) is 8.44. The molecule has 0 amide bonds. The summed E-state index contributed by atoms with van der Waals surface area (Å²) in [6.45, 7) is 3.66. The van der Waals surface area contributed by atoms with Gasteiger partial charge in [-0.3, -0.25) is 14.1 Å². The summed E-state index contributed by atoms with van der Waals surface area (Å²) >= 11 is 0. The van der Waals surface area contributed by atoms with Crippen LogP contribution < -0.4 is 0 Å². The average Bonchev–Trinajstić information content (AvgIpc) is 3.05. The molecule has 0 fully saturated rings. The Bertz CT molecular complexity index is 838. The smallest absolute Gasteiger partial charge is 0.462 e. The zero-order chi connectivity index (χ0) is 35.4. The van der Waals surface area contributed by atoms with Gasteiger partial charge in [-0.1, -0.05) is 141 Å². The Labute approximate surface area is 294 Å². The van der Waals surface area contributed by atoms with E-state index in [2.05, 4.69) is 42.7 Å². The molecule has 0 aromatic rings. The molecule has 0 rings (SSSR count). The molecule has 0 heterocycles. The maximum absolute atomic E-state index is 12.4. The minimum atomic E-state index is -4.75. The molecule has 0 aliphatic heterocycles. The van der Waals surface area contributed by atoms with Crippen molar-refractivity contribution in [3.8, 4) is 0 Å². The van der Waals surface area contributed by atoms with Gasteiger partial charge in [0.05, 0.1) is 6.61 Å². The Kier molecular flexibility index (Phi) is 34.3. The van der Waals surface area contributed by atoms with Crippen LogP contribution in [-0.2, 0) is 28.2 Å². The second-order valence-corrected chi connectivity index (χ2v) is 14.5. The van der Waals surface area contributed by atoms with Crippen molar-refractivity contribution in [2.75, 3.05) is 13.2 Å². The zero-order valence-electron chi connectivity index (χ0n) is 30.9. The molecule has 9 heteroatoms. The van der Waals surface area contributed by atoms with Crippen LogP contribution in [0.1, 0.15) is 194 Å². The largest absolute Gasteiger partial charge is 0.469 e. The topological polar surface area (TPSA) is 119 Å². The lowest BCUT2D eigenvalue weighted by Crippen LogP contribution is -2.29. The standard InChI is InChI=1S/C39H73O8P/c1-3-5-7-9-11-13-15-17-19-21-23-25-27-29-31-33-38(40)45-35-37(36-46-48(42,43)44)47-39(41)34-32-30-28-26-24-22-20-18-16-14-12-10-8-6-4-2/h17-20,37H,3-16,21-36H2,1-2H3,(H2,42,43,44)/b19-17+,20-18+/t37-/m1/s1. The first kappa shape index (κ1) is 46.5. The van der Waals surface area contributed by atoms with E-state index < -0.39 is 32.5 Å². The summed E-state index contributed by atoms with van der Waals surface area (Å²) in [6, 6.07) is 0. The molecule has 0 aromatic heterocycles. The number of allylic oxidation sites excluding steroid dienone is 4. The average molecular weight is 701 g/mol. The van der Waals surface area contributed by atoms with Gasteiger partial charge in [0.15, 0.2) is 6.10 Å². The summed E-state index contributed by atoms with van der Waals surface area (Å²) in [6.07, 6.45) is 38.9. The van der Waals surface area contributed by atoms with Gasteiger partial charge in [-0.15, -0.1) is 0 Å². The van der Waals surface area contributed by atoms with E-state index in [1.54, 1.807) is 0 Å². The van der Waals surface area contributed by atoms with E-state index >= 15 is 0 Å².